The Hall–Kier alpha value is -1.26. The lowest BCUT2D eigenvalue weighted by Gasteiger charge is -2.09. The van der Waals surface area contributed by atoms with E-state index in [4.69, 9.17) is 0 Å². The van der Waals surface area contributed by atoms with Crippen molar-refractivity contribution >= 4 is 39.3 Å². The van der Waals surface area contributed by atoms with Gasteiger partial charge in [0.25, 0.3) is 0 Å². The molecule has 0 aliphatic carbocycles. The summed E-state index contributed by atoms with van der Waals surface area (Å²) in [6.45, 7) is 6.15. The van der Waals surface area contributed by atoms with Gasteiger partial charge in [-0.05, 0) is 66.0 Å². The molecule has 0 aromatic heterocycles. The van der Waals surface area contributed by atoms with Crippen LogP contribution in [0.1, 0.15) is 16.7 Å². The van der Waals surface area contributed by atoms with Crippen LogP contribution >= 0.6 is 27.7 Å². The van der Waals surface area contributed by atoms with Gasteiger partial charge in [-0.25, -0.2) is 0 Å². The number of amides is 1. The van der Waals surface area contributed by atoms with E-state index in [0.717, 1.165) is 20.6 Å². The Morgan fingerprint density at radius 1 is 1.10 bits per heavy atom. The average Bonchev–Trinajstić information content (AvgIpc) is 2.43. The van der Waals surface area contributed by atoms with E-state index in [9.17, 15) is 4.79 Å². The lowest BCUT2D eigenvalue weighted by atomic mass is 10.2. The van der Waals surface area contributed by atoms with Crippen LogP contribution in [0.4, 0.5) is 5.69 Å². The first-order chi connectivity index (χ1) is 9.95. The second kappa shape index (κ2) is 7.14. The number of hydrogen-bond donors (Lipinski definition) is 1. The van der Waals surface area contributed by atoms with E-state index in [1.54, 1.807) is 11.8 Å². The summed E-state index contributed by atoms with van der Waals surface area (Å²) in [5, 5.41) is 2.94. The van der Waals surface area contributed by atoms with Crippen LogP contribution in [-0.4, -0.2) is 11.7 Å². The van der Waals surface area contributed by atoms with Crippen molar-refractivity contribution in [2.75, 3.05) is 11.1 Å². The molecule has 2 nitrogen and oxygen atoms in total. The van der Waals surface area contributed by atoms with E-state index in [1.807, 2.05) is 25.1 Å². The van der Waals surface area contributed by atoms with E-state index in [-0.39, 0.29) is 5.91 Å². The second-order valence-corrected chi connectivity index (χ2v) is 6.96. The number of thioether (sulfide) groups is 1. The summed E-state index contributed by atoms with van der Waals surface area (Å²) in [6, 6.07) is 12.2. The van der Waals surface area contributed by atoms with Crippen molar-refractivity contribution in [3.63, 3.8) is 0 Å². The summed E-state index contributed by atoms with van der Waals surface area (Å²) < 4.78 is 0.910. The summed E-state index contributed by atoms with van der Waals surface area (Å²) in [7, 11) is 0. The quantitative estimate of drug-likeness (QED) is 0.765. The Morgan fingerprint density at radius 3 is 2.48 bits per heavy atom. The molecule has 0 saturated heterocycles. The van der Waals surface area contributed by atoms with Crippen molar-refractivity contribution < 1.29 is 4.79 Å². The third-order valence-electron chi connectivity index (χ3n) is 3.10. The Kier molecular flexibility index (Phi) is 5.48. The Bertz CT molecular complexity index is 670. The molecule has 0 radical (unpaired) electrons. The van der Waals surface area contributed by atoms with Crippen LogP contribution in [-0.2, 0) is 4.79 Å². The number of nitrogens with one attached hydrogen (secondary N) is 1. The van der Waals surface area contributed by atoms with Crippen LogP contribution in [0.15, 0.2) is 45.8 Å². The molecule has 0 aliphatic rings. The number of carbonyl (C=O) groups excluding carboxylic acids is 1. The molecule has 4 heteroatoms. The van der Waals surface area contributed by atoms with Crippen LogP contribution in [0.25, 0.3) is 0 Å². The Labute approximate surface area is 138 Å². The first-order valence-electron chi connectivity index (χ1n) is 6.72. The highest BCUT2D eigenvalue weighted by Gasteiger charge is 2.08. The minimum Gasteiger partial charge on any atom is -0.324 e. The topological polar surface area (TPSA) is 29.1 Å². The molecule has 2 aromatic rings. The minimum absolute atomic E-state index is 0.00505. The molecule has 0 unspecified atom stereocenters. The molecule has 0 aliphatic heterocycles. The summed E-state index contributed by atoms with van der Waals surface area (Å²) >= 11 is 5.04. The van der Waals surface area contributed by atoms with Crippen molar-refractivity contribution in [2.45, 2.75) is 25.7 Å². The summed E-state index contributed by atoms with van der Waals surface area (Å²) in [4.78, 5) is 13.2. The molecule has 0 bridgehead atoms. The largest absolute Gasteiger partial charge is 0.324 e. The van der Waals surface area contributed by atoms with Crippen molar-refractivity contribution in [1.29, 1.82) is 0 Å². The molecule has 1 N–H and O–H groups in total. The summed E-state index contributed by atoms with van der Waals surface area (Å²) in [6.07, 6.45) is 0. The van der Waals surface area contributed by atoms with Gasteiger partial charge in [-0.2, -0.15) is 0 Å². The van der Waals surface area contributed by atoms with Gasteiger partial charge < -0.3 is 5.32 Å². The maximum atomic E-state index is 12.1. The fourth-order valence-electron chi connectivity index (χ4n) is 1.91. The van der Waals surface area contributed by atoms with E-state index >= 15 is 0 Å². The molecule has 110 valence electrons. The highest BCUT2D eigenvalue weighted by atomic mass is 79.9. The highest BCUT2D eigenvalue weighted by molar-refractivity contribution is 9.10. The zero-order valence-corrected chi connectivity index (χ0v) is 14.8. The Balaban J connectivity index is 1.97. The van der Waals surface area contributed by atoms with Crippen molar-refractivity contribution in [2.24, 2.45) is 0 Å². The van der Waals surface area contributed by atoms with Gasteiger partial charge in [0.2, 0.25) is 5.91 Å². The number of anilines is 1. The highest BCUT2D eigenvalue weighted by Crippen LogP contribution is 2.26. The van der Waals surface area contributed by atoms with Gasteiger partial charge in [0.05, 0.1) is 11.4 Å². The fraction of sp³-hybridized carbons (Fsp3) is 0.235. The maximum Gasteiger partial charge on any atom is 0.234 e. The van der Waals surface area contributed by atoms with Crippen LogP contribution in [0, 0.1) is 20.8 Å². The third-order valence-corrected chi connectivity index (χ3v) is 4.91. The number of halogens is 1. The average molecular weight is 364 g/mol. The molecular weight excluding hydrogens is 346 g/mol. The molecule has 0 saturated carbocycles. The first kappa shape index (κ1) is 16.1. The van der Waals surface area contributed by atoms with Gasteiger partial charge in [0.1, 0.15) is 0 Å². The molecule has 21 heavy (non-hydrogen) atoms. The van der Waals surface area contributed by atoms with Gasteiger partial charge in [-0.15, -0.1) is 11.8 Å². The molecule has 0 fully saturated rings. The molecule has 2 aromatic carbocycles. The molecular formula is C17H18BrNOS. The van der Waals surface area contributed by atoms with Crippen molar-refractivity contribution in [3.05, 3.63) is 57.6 Å². The van der Waals surface area contributed by atoms with E-state index < -0.39 is 0 Å². The molecule has 2 rings (SSSR count). The minimum atomic E-state index is 0.00505. The normalized spacial score (nSPS) is 10.5. The fourth-order valence-corrected chi connectivity index (χ4v) is 3.43. The van der Waals surface area contributed by atoms with Crippen LogP contribution in [0.5, 0.6) is 0 Å². The van der Waals surface area contributed by atoms with Gasteiger partial charge in [0, 0.05) is 9.37 Å². The molecule has 0 spiro atoms. The number of rotatable bonds is 4. The summed E-state index contributed by atoms with van der Waals surface area (Å²) in [5.74, 6) is 0.412. The van der Waals surface area contributed by atoms with Crippen LogP contribution in [0.3, 0.4) is 0 Å². The third kappa shape index (κ3) is 4.61. The second-order valence-electron chi connectivity index (χ2n) is 5.09. The van der Waals surface area contributed by atoms with Crippen molar-refractivity contribution in [1.82, 2.24) is 0 Å². The number of carbonyl (C=O) groups is 1. The standard InChI is InChI=1S/C17H18BrNOS/c1-11-5-7-15(14(18)8-11)19-17(20)10-21-16-9-12(2)4-6-13(16)3/h4-9H,10H2,1-3H3,(H,19,20). The zero-order chi connectivity index (χ0) is 15.4. The smallest absolute Gasteiger partial charge is 0.234 e. The predicted octanol–water partition coefficient (Wildman–Crippen LogP) is 5.11. The lowest BCUT2D eigenvalue weighted by Crippen LogP contribution is -2.14. The molecule has 1 amide bonds. The van der Waals surface area contributed by atoms with Gasteiger partial charge in [0.15, 0.2) is 0 Å². The molecule has 0 heterocycles. The Morgan fingerprint density at radius 2 is 1.76 bits per heavy atom. The number of aryl methyl sites for hydroxylation is 3. The van der Waals surface area contributed by atoms with E-state index in [1.165, 1.54) is 11.1 Å². The van der Waals surface area contributed by atoms with E-state index in [0.29, 0.717) is 5.75 Å². The van der Waals surface area contributed by atoms with Gasteiger partial charge >= 0.3 is 0 Å². The van der Waals surface area contributed by atoms with Gasteiger partial charge in [-0.3, -0.25) is 4.79 Å². The summed E-state index contributed by atoms with van der Waals surface area (Å²) in [5.41, 5.74) is 4.39. The number of benzene rings is 2. The van der Waals surface area contributed by atoms with Gasteiger partial charge in [-0.1, -0.05) is 23.8 Å². The predicted molar refractivity (Wildman–Crippen MR) is 94.1 cm³/mol. The van der Waals surface area contributed by atoms with E-state index in [2.05, 4.69) is 53.3 Å². The number of hydrogen-bond acceptors (Lipinski definition) is 2. The monoisotopic (exact) mass is 363 g/mol. The first-order valence-corrected chi connectivity index (χ1v) is 8.49. The molecule has 0 atom stereocenters. The zero-order valence-electron chi connectivity index (χ0n) is 12.4. The van der Waals surface area contributed by atoms with Crippen LogP contribution in [0.2, 0.25) is 0 Å². The van der Waals surface area contributed by atoms with Crippen LogP contribution < -0.4 is 5.32 Å². The van der Waals surface area contributed by atoms with Crippen molar-refractivity contribution in [3.8, 4) is 0 Å². The SMILES string of the molecule is Cc1ccc(NC(=O)CSc2cc(C)ccc2C)c(Br)c1. The maximum absolute atomic E-state index is 12.1. The lowest BCUT2D eigenvalue weighted by molar-refractivity contribution is -0.113.